The van der Waals surface area contributed by atoms with Crippen molar-refractivity contribution in [1.82, 2.24) is 0 Å². The lowest BCUT2D eigenvalue weighted by atomic mass is 10.1. The normalized spacial score (nSPS) is 11.8. The van der Waals surface area contributed by atoms with E-state index in [4.69, 9.17) is 10.9 Å². The van der Waals surface area contributed by atoms with Crippen LogP contribution in [-0.4, -0.2) is 8.42 Å². The predicted octanol–water partition coefficient (Wildman–Crippen LogP) is 1.07. The van der Waals surface area contributed by atoms with Gasteiger partial charge in [0.25, 0.3) is 0 Å². The van der Waals surface area contributed by atoms with Gasteiger partial charge < -0.3 is 5.73 Å². The van der Waals surface area contributed by atoms with Crippen molar-refractivity contribution in [1.29, 1.82) is 0 Å². The van der Waals surface area contributed by atoms with E-state index < -0.39 is 10.0 Å². The van der Waals surface area contributed by atoms with Gasteiger partial charge in [0.05, 0.1) is 5.69 Å². The number of rotatable bonds is 1. The highest BCUT2D eigenvalue weighted by Gasteiger charge is 2.13. The van der Waals surface area contributed by atoms with Gasteiger partial charge in [-0.2, -0.15) is 0 Å². The van der Waals surface area contributed by atoms with Crippen LogP contribution in [0.25, 0.3) is 10.8 Å². The van der Waals surface area contributed by atoms with Crippen LogP contribution < -0.4 is 10.9 Å². The summed E-state index contributed by atoms with van der Waals surface area (Å²) in [7, 11) is -3.75. The summed E-state index contributed by atoms with van der Waals surface area (Å²) in [4.78, 5) is -0.0267. The van der Waals surface area contributed by atoms with Crippen LogP contribution in [0.2, 0.25) is 0 Å². The first-order valence-corrected chi connectivity index (χ1v) is 5.85. The molecule has 4 nitrogen and oxygen atoms in total. The van der Waals surface area contributed by atoms with E-state index in [1.807, 2.05) is 12.1 Å². The average molecular weight is 222 g/mol. The predicted molar refractivity (Wildman–Crippen MR) is 59.7 cm³/mol. The second kappa shape index (κ2) is 3.22. The van der Waals surface area contributed by atoms with E-state index in [9.17, 15) is 8.42 Å². The van der Waals surface area contributed by atoms with Crippen molar-refractivity contribution in [2.45, 2.75) is 4.90 Å². The van der Waals surface area contributed by atoms with Crippen molar-refractivity contribution < 1.29 is 8.42 Å². The zero-order chi connectivity index (χ0) is 11.1. The first-order valence-electron chi connectivity index (χ1n) is 4.30. The van der Waals surface area contributed by atoms with Crippen molar-refractivity contribution in [3.8, 4) is 0 Å². The van der Waals surface area contributed by atoms with Gasteiger partial charge in [-0.05, 0) is 11.5 Å². The van der Waals surface area contributed by atoms with Crippen LogP contribution in [-0.2, 0) is 10.0 Å². The molecule has 0 spiro atoms. The number of benzene rings is 2. The van der Waals surface area contributed by atoms with Gasteiger partial charge in [-0.1, -0.05) is 30.3 Å². The monoisotopic (exact) mass is 222 g/mol. The molecule has 0 heterocycles. The maximum Gasteiger partial charge on any atom is 0.240 e. The van der Waals surface area contributed by atoms with E-state index in [0.717, 1.165) is 5.39 Å². The summed E-state index contributed by atoms with van der Waals surface area (Å²) >= 11 is 0. The molecular formula is C10H10N2O2S. The van der Waals surface area contributed by atoms with Gasteiger partial charge >= 0.3 is 0 Å². The number of fused-ring (bicyclic) bond motifs is 1. The molecule has 0 bridgehead atoms. The Bertz CT molecular complexity index is 620. The summed E-state index contributed by atoms with van der Waals surface area (Å²) in [5.74, 6) is 0. The third-order valence-corrected chi connectivity index (χ3v) is 3.21. The quantitative estimate of drug-likeness (QED) is 0.707. The summed E-state index contributed by atoms with van der Waals surface area (Å²) < 4.78 is 22.4. The van der Waals surface area contributed by atoms with Gasteiger partial charge in [0.2, 0.25) is 10.0 Å². The number of hydrogen-bond donors (Lipinski definition) is 2. The largest absolute Gasteiger partial charge is 0.397 e. The Morgan fingerprint density at radius 2 is 1.67 bits per heavy atom. The number of primary sulfonamides is 1. The topological polar surface area (TPSA) is 86.2 Å². The molecule has 0 saturated carbocycles. The molecule has 0 fully saturated rings. The van der Waals surface area contributed by atoms with E-state index in [2.05, 4.69) is 0 Å². The van der Waals surface area contributed by atoms with Crippen LogP contribution in [0.4, 0.5) is 5.69 Å². The lowest BCUT2D eigenvalue weighted by Gasteiger charge is -2.06. The highest BCUT2D eigenvalue weighted by molar-refractivity contribution is 7.89. The third-order valence-electron chi connectivity index (χ3n) is 2.24. The first kappa shape index (κ1) is 9.95. The Hall–Kier alpha value is -1.59. The van der Waals surface area contributed by atoms with Crippen molar-refractivity contribution in [3.63, 3.8) is 0 Å². The molecule has 0 aliphatic heterocycles. The van der Waals surface area contributed by atoms with Crippen molar-refractivity contribution >= 4 is 26.5 Å². The maximum absolute atomic E-state index is 11.2. The molecule has 5 heteroatoms. The highest BCUT2D eigenvalue weighted by atomic mass is 32.2. The molecule has 0 aliphatic rings. The molecule has 78 valence electrons. The summed E-state index contributed by atoms with van der Waals surface area (Å²) in [6, 6.07) is 10.4. The van der Waals surface area contributed by atoms with Crippen molar-refractivity contribution in [2.24, 2.45) is 5.14 Å². The second-order valence-corrected chi connectivity index (χ2v) is 4.77. The molecular weight excluding hydrogens is 212 g/mol. The van der Waals surface area contributed by atoms with E-state index >= 15 is 0 Å². The molecule has 2 rings (SSSR count). The number of sulfonamides is 1. The van der Waals surface area contributed by atoms with Crippen LogP contribution >= 0.6 is 0 Å². The van der Waals surface area contributed by atoms with E-state index in [1.54, 1.807) is 18.2 Å². The minimum atomic E-state index is -3.75. The molecule has 0 aliphatic carbocycles. The molecule has 0 atom stereocenters. The summed E-state index contributed by atoms with van der Waals surface area (Å²) in [5.41, 5.74) is 5.95. The molecule has 0 radical (unpaired) electrons. The highest BCUT2D eigenvalue weighted by Crippen LogP contribution is 2.26. The summed E-state index contributed by atoms with van der Waals surface area (Å²) in [6.07, 6.45) is 0. The van der Waals surface area contributed by atoms with Gasteiger partial charge in [-0.25, -0.2) is 13.6 Å². The zero-order valence-electron chi connectivity index (χ0n) is 7.84. The van der Waals surface area contributed by atoms with Crippen LogP contribution in [0.1, 0.15) is 0 Å². The van der Waals surface area contributed by atoms with E-state index in [-0.39, 0.29) is 10.6 Å². The van der Waals surface area contributed by atoms with Gasteiger partial charge in [-0.15, -0.1) is 0 Å². The van der Waals surface area contributed by atoms with Gasteiger partial charge in [0.15, 0.2) is 0 Å². The molecule has 0 aromatic heterocycles. The zero-order valence-corrected chi connectivity index (χ0v) is 8.66. The van der Waals surface area contributed by atoms with Crippen molar-refractivity contribution in [2.75, 3.05) is 5.73 Å². The number of hydrogen-bond acceptors (Lipinski definition) is 3. The standard InChI is InChI=1S/C10H10N2O2S/c11-10-8-4-2-1-3-7(8)5-6-9(10)15(12,13)14/h1-6H,11H2,(H2,12,13,14). The Labute approximate surface area is 87.6 Å². The van der Waals surface area contributed by atoms with Gasteiger partial charge in [0.1, 0.15) is 4.90 Å². The Balaban J connectivity index is 2.88. The molecule has 0 unspecified atom stereocenters. The minimum Gasteiger partial charge on any atom is -0.397 e. The van der Waals surface area contributed by atoms with Crippen LogP contribution in [0.5, 0.6) is 0 Å². The SMILES string of the molecule is Nc1c(S(N)(=O)=O)ccc2ccccc12. The van der Waals surface area contributed by atoms with E-state index in [1.165, 1.54) is 6.07 Å². The van der Waals surface area contributed by atoms with Crippen LogP contribution in [0, 0.1) is 0 Å². The van der Waals surface area contributed by atoms with Crippen molar-refractivity contribution in [3.05, 3.63) is 36.4 Å². The number of nitrogens with two attached hydrogens (primary N) is 2. The Morgan fingerprint density at radius 1 is 1.00 bits per heavy atom. The smallest absolute Gasteiger partial charge is 0.240 e. The molecule has 2 aromatic rings. The lowest BCUT2D eigenvalue weighted by Crippen LogP contribution is -2.14. The Kier molecular flexibility index (Phi) is 2.13. The summed E-state index contributed by atoms with van der Waals surface area (Å²) in [6.45, 7) is 0. The first-order chi connectivity index (χ1) is 7.00. The minimum absolute atomic E-state index is 0.0267. The fraction of sp³-hybridized carbons (Fsp3) is 0. The fourth-order valence-corrected chi connectivity index (χ4v) is 2.20. The van der Waals surface area contributed by atoms with E-state index in [0.29, 0.717) is 5.39 Å². The average Bonchev–Trinajstić information content (AvgIpc) is 2.16. The van der Waals surface area contributed by atoms with Gasteiger partial charge in [-0.3, -0.25) is 0 Å². The lowest BCUT2D eigenvalue weighted by molar-refractivity contribution is 0.598. The fourth-order valence-electron chi connectivity index (χ4n) is 1.52. The molecule has 0 amide bonds. The van der Waals surface area contributed by atoms with Crippen LogP contribution in [0.3, 0.4) is 0 Å². The number of nitrogen functional groups attached to an aromatic ring is 1. The molecule has 0 saturated heterocycles. The second-order valence-electron chi connectivity index (χ2n) is 3.24. The molecule has 2 aromatic carbocycles. The third kappa shape index (κ3) is 1.67. The van der Waals surface area contributed by atoms with Crippen LogP contribution in [0.15, 0.2) is 41.3 Å². The van der Waals surface area contributed by atoms with Gasteiger partial charge in [0, 0.05) is 5.39 Å². The molecule has 15 heavy (non-hydrogen) atoms. The summed E-state index contributed by atoms with van der Waals surface area (Å²) in [5, 5.41) is 6.63. The Morgan fingerprint density at radius 3 is 2.33 bits per heavy atom. The number of anilines is 1. The molecule has 4 N–H and O–H groups in total. The maximum atomic E-state index is 11.2.